The van der Waals surface area contributed by atoms with Gasteiger partial charge in [0.1, 0.15) is 0 Å². The zero-order valence-corrected chi connectivity index (χ0v) is 8.28. The SMILES string of the molecule is CC(N)=O.O=C1OC(=O)C2=CCCC=C12. The molecule has 2 N–H and O–H groups in total. The van der Waals surface area contributed by atoms with Crippen LogP contribution in [-0.2, 0) is 19.1 Å². The maximum Gasteiger partial charge on any atom is 0.346 e. The van der Waals surface area contributed by atoms with Gasteiger partial charge in [0.05, 0.1) is 11.1 Å². The normalized spacial score (nSPS) is 17.9. The average Bonchev–Trinajstić information content (AvgIpc) is 2.43. The molecule has 0 aromatic rings. The Labute approximate surface area is 86.6 Å². The van der Waals surface area contributed by atoms with Crippen molar-refractivity contribution in [2.75, 3.05) is 0 Å². The maximum absolute atomic E-state index is 10.9. The molecule has 1 saturated heterocycles. The van der Waals surface area contributed by atoms with E-state index in [0.717, 1.165) is 12.8 Å². The predicted octanol–water partition coefficient (Wildman–Crippen LogP) is 0.208. The molecule has 0 spiro atoms. The number of ether oxygens (including phenoxy) is 1. The molecular formula is C10H11NO4. The molecule has 80 valence electrons. The van der Waals surface area contributed by atoms with Gasteiger partial charge in [0.15, 0.2) is 0 Å². The second kappa shape index (κ2) is 4.54. The van der Waals surface area contributed by atoms with Crippen LogP contribution in [0.25, 0.3) is 0 Å². The third kappa shape index (κ3) is 2.77. The molecule has 0 radical (unpaired) electrons. The van der Waals surface area contributed by atoms with Crippen molar-refractivity contribution in [1.82, 2.24) is 0 Å². The van der Waals surface area contributed by atoms with Gasteiger partial charge >= 0.3 is 11.9 Å². The highest BCUT2D eigenvalue weighted by Gasteiger charge is 2.33. The number of allylic oxidation sites excluding steroid dienone is 2. The number of hydrogen-bond donors (Lipinski definition) is 1. The first kappa shape index (κ1) is 11.2. The first-order chi connectivity index (χ1) is 7.02. The minimum Gasteiger partial charge on any atom is -0.386 e. The number of hydrogen-bond acceptors (Lipinski definition) is 4. The van der Waals surface area contributed by atoms with Gasteiger partial charge in [-0.25, -0.2) is 9.59 Å². The summed E-state index contributed by atoms with van der Waals surface area (Å²) in [6, 6.07) is 0. The van der Waals surface area contributed by atoms with E-state index >= 15 is 0 Å². The monoisotopic (exact) mass is 209 g/mol. The lowest BCUT2D eigenvalue weighted by atomic mass is 10.0. The van der Waals surface area contributed by atoms with Gasteiger partial charge in [-0.15, -0.1) is 0 Å². The summed E-state index contributed by atoms with van der Waals surface area (Å²) in [5.41, 5.74) is 5.36. The van der Waals surface area contributed by atoms with Gasteiger partial charge in [-0.3, -0.25) is 4.79 Å². The smallest absolute Gasteiger partial charge is 0.346 e. The molecule has 5 heteroatoms. The maximum atomic E-state index is 10.9. The quantitative estimate of drug-likeness (QED) is 0.456. The molecule has 0 bridgehead atoms. The molecule has 0 aromatic carbocycles. The molecule has 1 fully saturated rings. The number of carbonyl (C=O) groups is 3. The second-order valence-corrected chi connectivity index (χ2v) is 3.10. The van der Waals surface area contributed by atoms with Crippen LogP contribution in [0.15, 0.2) is 23.3 Å². The number of cyclic esters (lactones) is 2. The lowest BCUT2D eigenvalue weighted by Gasteiger charge is -1.99. The fourth-order valence-electron chi connectivity index (χ4n) is 1.26. The average molecular weight is 209 g/mol. The third-order valence-electron chi connectivity index (χ3n) is 1.78. The van der Waals surface area contributed by atoms with Gasteiger partial charge in [0.25, 0.3) is 0 Å². The minimum absolute atomic E-state index is 0.333. The van der Waals surface area contributed by atoms with Crippen molar-refractivity contribution < 1.29 is 19.1 Å². The van der Waals surface area contributed by atoms with Crippen LogP contribution < -0.4 is 5.73 Å². The molecule has 2 aliphatic rings. The van der Waals surface area contributed by atoms with Crippen LogP contribution in [0.5, 0.6) is 0 Å². The van der Waals surface area contributed by atoms with Crippen molar-refractivity contribution in [2.45, 2.75) is 19.8 Å². The molecule has 0 aromatic heterocycles. The number of nitrogens with two attached hydrogens (primary N) is 1. The van der Waals surface area contributed by atoms with Crippen LogP contribution in [0.3, 0.4) is 0 Å². The molecule has 1 amide bonds. The molecule has 2 rings (SSSR count). The molecule has 15 heavy (non-hydrogen) atoms. The van der Waals surface area contributed by atoms with Crippen LogP contribution >= 0.6 is 0 Å². The van der Waals surface area contributed by atoms with Gasteiger partial charge in [-0.05, 0) is 12.8 Å². The van der Waals surface area contributed by atoms with E-state index in [1.807, 2.05) is 0 Å². The van der Waals surface area contributed by atoms with Gasteiger partial charge in [-0.1, -0.05) is 12.2 Å². The Morgan fingerprint density at radius 2 is 1.53 bits per heavy atom. The van der Waals surface area contributed by atoms with Crippen molar-refractivity contribution in [1.29, 1.82) is 0 Å². The summed E-state index contributed by atoms with van der Waals surface area (Å²) in [6.07, 6.45) is 5.15. The minimum atomic E-state index is -0.499. The van der Waals surface area contributed by atoms with Crippen molar-refractivity contribution in [3.8, 4) is 0 Å². The number of amides is 1. The van der Waals surface area contributed by atoms with Crippen molar-refractivity contribution in [3.63, 3.8) is 0 Å². The number of rotatable bonds is 0. The van der Waals surface area contributed by atoms with Crippen LogP contribution in [0.2, 0.25) is 0 Å². The Hall–Kier alpha value is -1.91. The third-order valence-corrected chi connectivity index (χ3v) is 1.78. The first-order valence-corrected chi connectivity index (χ1v) is 4.45. The Balaban J connectivity index is 0.000000245. The summed E-state index contributed by atoms with van der Waals surface area (Å²) in [7, 11) is 0. The highest BCUT2D eigenvalue weighted by molar-refractivity contribution is 6.18. The molecule has 1 aliphatic heterocycles. The van der Waals surface area contributed by atoms with E-state index in [4.69, 9.17) is 0 Å². The number of fused-ring (bicyclic) bond motifs is 1. The number of primary amides is 1. The van der Waals surface area contributed by atoms with Crippen LogP contribution in [0, 0.1) is 0 Å². The molecule has 1 aliphatic carbocycles. The summed E-state index contributed by atoms with van der Waals surface area (Å²) < 4.78 is 4.39. The number of esters is 2. The Morgan fingerprint density at radius 3 is 1.87 bits per heavy atom. The summed E-state index contributed by atoms with van der Waals surface area (Å²) in [5.74, 6) is -1.33. The molecular weight excluding hydrogens is 198 g/mol. The molecule has 5 nitrogen and oxygen atoms in total. The second-order valence-electron chi connectivity index (χ2n) is 3.10. The van der Waals surface area contributed by atoms with Crippen molar-refractivity contribution in [2.24, 2.45) is 5.73 Å². The van der Waals surface area contributed by atoms with E-state index in [9.17, 15) is 14.4 Å². The summed E-state index contributed by atoms with van der Waals surface area (Å²) in [5, 5.41) is 0. The van der Waals surface area contributed by atoms with Crippen LogP contribution in [0.1, 0.15) is 19.8 Å². The van der Waals surface area contributed by atoms with E-state index in [-0.39, 0.29) is 5.91 Å². The zero-order chi connectivity index (χ0) is 11.4. The van der Waals surface area contributed by atoms with Gasteiger partial charge in [0.2, 0.25) is 5.91 Å². The molecule has 0 atom stereocenters. The highest BCUT2D eigenvalue weighted by atomic mass is 16.6. The van der Waals surface area contributed by atoms with E-state index < -0.39 is 11.9 Å². The largest absolute Gasteiger partial charge is 0.386 e. The Kier molecular flexibility index (Phi) is 3.38. The molecule has 1 heterocycles. The van der Waals surface area contributed by atoms with E-state index in [2.05, 4.69) is 10.5 Å². The first-order valence-electron chi connectivity index (χ1n) is 4.45. The Bertz CT molecular complexity index is 345. The van der Waals surface area contributed by atoms with Crippen LogP contribution in [-0.4, -0.2) is 17.8 Å². The topological polar surface area (TPSA) is 86.5 Å². The van der Waals surface area contributed by atoms with Gasteiger partial charge in [0, 0.05) is 6.92 Å². The fourth-order valence-corrected chi connectivity index (χ4v) is 1.26. The summed E-state index contributed by atoms with van der Waals surface area (Å²) in [6.45, 7) is 1.31. The number of carbonyl (C=O) groups excluding carboxylic acids is 3. The van der Waals surface area contributed by atoms with Crippen molar-refractivity contribution in [3.05, 3.63) is 23.3 Å². The fraction of sp³-hybridized carbons (Fsp3) is 0.300. The zero-order valence-electron chi connectivity index (χ0n) is 8.28. The van der Waals surface area contributed by atoms with Crippen molar-refractivity contribution >= 4 is 17.8 Å². The lowest BCUT2D eigenvalue weighted by Crippen LogP contribution is -2.01. The van der Waals surface area contributed by atoms with E-state index in [0.29, 0.717) is 11.1 Å². The van der Waals surface area contributed by atoms with Gasteiger partial charge < -0.3 is 10.5 Å². The van der Waals surface area contributed by atoms with Crippen LogP contribution in [0.4, 0.5) is 0 Å². The highest BCUT2D eigenvalue weighted by Crippen LogP contribution is 2.26. The van der Waals surface area contributed by atoms with E-state index in [1.165, 1.54) is 6.92 Å². The van der Waals surface area contributed by atoms with Gasteiger partial charge in [-0.2, -0.15) is 0 Å². The van der Waals surface area contributed by atoms with E-state index in [1.54, 1.807) is 12.2 Å². The lowest BCUT2D eigenvalue weighted by molar-refractivity contribution is -0.149. The summed E-state index contributed by atoms with van der Waals surface area (Å²) >= 11 is 0. The molecule has 0 saturated carbocycles. The predicted molar refractivity (Wildman–Crippen MR) is 51.4 cm³/mol. The standard InChI is InChI=1S/C8H6O3.C2H5NO/c9-7-5-3-1-2-4-6(5)8(10)11-7;1-2(3)4/h3-4H,1-2H2;1H3,(H2,3,4). The molecule has 0 unspecified atom stereocenters. The summed E-state index contributed by atoms with van der Waals surface area (Å²) in [4.78, 5) is 31.0. The Morgan fingerprint density at radius 1 is 1.20 bits per heavy atom.